The summed E-state index contributed by atoms with van der Waals surface area (Å²) in [5.74, 6) is 0.513. The standard InChI is InChI=1S/C17H12ClN3O2/c18-13-10-16(21-19-11-13)23-15-8-4-5-12(9-15)17(22)20-14-6-2-1-3-7-14/h1-11H,(H,20,22). The molecular formula is C17H12ClN3O2. The largest absolute Gasteiger partial charge is 0.437 e. The average Bonchev–Trinajstić information content (AvgIpc) is 2.56. The minimum Gasteiger partial charge on any atom is -0.437 e. The summed E-state index contributed by atoms with van der Waals surface area (Å²) < 4.78 is 5.56. The second kappa shape index (κ2) is 6.89. The van der Waals surface area contributed by atoms with Gasteiger partial charge in [0.2, 0.25) is 5.88 Å². The zero-order valence-corrected chi connectivity index (χ0v) is 12.7. The quantitative estimate of drug-likeness (QED) is 0.781. The summed E-state index contributed by atoms with van der Waals surface area (Å²) in [5, 5.41) is 10.8. The molecule has 3 rings (SSSR count). The minimum absolute atomic E-state index is 0.223. The monoisotopic (exact) mass is 325 g/mol. The highest BCUT2D eigenvalue weighted by molar-refractivity contribution is 6.30. The van der Waals surface area contributed by atoms with Gasteiger partial charge >= 0.3 is 0 Å². The van der Waals surface area contributed by atoms with Crippen LogP contribution < -0.4 is 10.1 Å². The zero-order chi connectivity index (χ0) is 16.1. The van der Waals surface area contributed by atoms with E-state index in [1.54, 1.807) is 30.3 Å². The third-order valence-corrected chi connectivity index (χ3v) is 3.16. The predicted octanol–water partition coefficient (Wildman–Crippen LogP) is 4.17. The number of ether oxygens (including phenoxy) is 1. The van der Waals surface area contributed by atoms with E-state index in [-0.39, 0.29) is 11.8 Å². The fourth-order valence-electron chi connectivity index (χ4n) is 1.92. The van der Waals surface area contributed by atoms with E-state index >= 15 is 0 Å². The van der Waals surface area contributed by atoms with Gasteiger partial charge in [-0.3, -0.25) is 4.79 Å². The maximum Gasteiger partial charge on any atom is 0.255 e. The minimum atomic E-state index is -0.223. The highest BCUT2D eigenvalue weighted by atomic mass is 35.5. The lowest BCUT2D eigenvalue weighted by Crippen LogP contribution is -2.11. The van der Waals surface area contributed by atoms with Crippen molar-refractivity contribution in [1.29, 1.82) is 0 Å². The van der Waals surface area contributed by atoms with Crippen molar-refractivity contribution in [2.24, 2.45) is 0 Å². The normalized spacial score (nSPS) is 10.1. The van der Waals surface area contributed by atoms with Crippen molar-refractivity contribution in [1.82, 2.24) is 10.2 Å². The first-order valence-corrected chi connectivity index (χ1v) is 7.21. The van der Waals surface area contributed by atoms with Crippen LogP contribution in [0.3, 0.4) is 0 Å². The summed E-state index contributed by atoms with van der Waals surface area (Å²) in [7, 11) is 0. The maximum absolute atomic E-state index is 12.3. The first kappa shape index (κ1) is 15.0. The van der Waals surface area contributed by atoms with Crippen LogP contribution in [0.25, 0.3) is 0 Å². The number of benzene rings is 2. The summed E-state index contributed by atoms with van der Waals surface area (Å²) in [6.07, 6.45) is 1.41. The van der Waals surface area contributed by atoms with E-state index in [9.17, 15) is 4.79 Å². The van der Waals surface area contributed by atoms with Gasteiger partial charge in [-0.25, -0.2) is 0 Å². The molecule has 0 fully saturated rings. The molecule has 0 spiro atoms. The maximum atomic E-state index is 12.3. The Morgan fingerprint density at radius 1 is 1.04 bits per heavy atom. The summed E-state index contributed by atoms with van der Waals surface area (Å²) >= 11 is 5.84. The third-order valence-electron chi connectivity index (χ3n) is 2.95. The molecule has 0 saturated carbocycles. The summed E-state index contributed by atoms with van der Waals surface area (Å²) in [4.78, 5) is 12.3. The molecule has 0 radical (unpaired) electrons. The van der Waals surface area contributed by atoms with Gasteiger partial charge in [-0.05, 0) is 30.3 Å². The smallest absolute Gasteiger partial charge is 0.255 e. The van der Waals surface area contributed by atoms with E-state index in [1.165, 1.54) is 6.20 Å². The molecule has 1 amide bonds. The Morgan fingerprint density at radius 2 is 1.87 bits per heavy atom. The molecule has 2 aromatic carbocycles. The van der Waals surface area contributed by atoms with Crippen LogP contribution in [0.15, 0.2) is 66.9 Å². The molecule has 1 N–H and O–H groups in total. The number of aromatic nitrogens is 2. The predicted molar refractivity (Wildman–Crippen MR) is 88.0 cm³/mol. The average molecular weight is 326 g/mol. The van der Waals surface area contributed by atoms with Gasteiger partial charge < -0.3 is 10.1 Å². The number of rotatable bonds is 4. The number of carbonyl (C=O) groups is 1. The molecule has 0 aliphatic carbocycles. The van der Waals surface area contributed by atoms with Crippen molar-refractivity contribution >= 4 is 23.2 Å². The lowest BCUT2D eigenvalue weighted by molar-refractivity contribution is 0.102. The van der Waals surface area contributed by atoms with Crippen molar-refractivity contribution in [3.8, 4) is 11.6 Å². The third kappa shape index (κ3) is 4.05. The van der Waals surface area contributed by atoms with Gasteiger partial charge in [0, 0.05) is 17.3 Å². The van der Waals surface area contributed by atoms with Crippen LogP contribution >= 0.6 is 11.6 Å². The second-order valence-electron chi connectivity index (χ2n) is 4.66. The van der Waals surface area contributed by atoms with Crippen LogP contribution in [0.2, 0.25) is 5.02 Å². The van der Waals surface area contributed by atoms with Crippen LogP contribution in [0.4, 0.5) is 5.69 Å². The van der Waals surface area contributed by atoms with Crippen molar-refractivity contribution in [3.05, 3.63) is 77.4 Å². The molecule has 0 aliphatic rings. The number of carbonyl (C=O) groups excluding carboxylic acids is 1. The van der Waals surface area contributed by atoms with E-state index in [4.69, 9.17) is 16.3 Å². The van der Waals surface area contributed by atoms with E-state index in [2.05, 4.69) is 15.5 Å². The van der Waals surface area contributed by atoms with Gasteiger partial charge in [0.25, 0.3) is 5.91 Å². The van der Waals surface area contributed by atoms with Gasteiger partial charge in [-0.1, -0.05) is 35.9 Å². The van der Waals surface area contributed by atoms with Crippen LogP contribution in [0.1, 0.15) is 10.4 Å². The number of amides is 1. The first-order valence-electron chi connectivity index (χ1n) is 6.83. The molecule has 23 heavy (non-hydrogen) atoms. The van der Waals surface area contributed by atoms with E-state index in [1.807, 2.05) is 30.3 Å². The fourth-order valence-corrected chi connectivity index (χ4v) is 2.06. The topological polar surface area (TPSA) is 64.1 Å². The number of para-hydroxylation sites is 1. The Morgan fingerprint density at radius 3 is 2.65 bits per heavy atom. The van der Waals surface area contributed by atoms with Crippen molar-refractivity contribution in [2.75, 3.05) is 5.32 Å². The number of nitrogens with zero attached hydrogens (tertiary/aromatic N) is 2. The van der Waals surface area contributed by atoms with Gasteiger partial charge in [-0.15, -0.1) is 5.10 Å². The molecule has 0 unspecified atom stereocenters. The molecule has 0 atom stereocenters. The van der Waals surface area contributed by atoms with Crippen LogP contribution in [0.5, 0.6) is 11.6 Å². The SMILES string of the molecule is O=C(Nc1ccccc1)c1cccc(Oc2cc(Cl)cnn2)c1. The summed E-state index contributed by atoms with van der Waals surface area (Å²) in [6.45, 7) is 0. The summed E-state index contributed by atoms with van der Waals surface area (Å²) in [5.41, 5.74) is 1.20. The first-order chi connectivity index (χ1) is 11.2. The van der Waals surface area contributed by atoms with Crippen LogP contribution in [0, 0.1) is 0 Å². The van der Waals surface area contributed by atoms with Crippen LogP contribution in [-0.4, -0.2) is 16.1 Å². The molecule has 114 valence electrons. The molecule has 6 heteroatoms. The molecule has 0 bridgehead atoms. The Kier molecular flexibility index (Phi) is 4.49. The fraction of sp³-hybridized carbons (Fsp3) is 0. The van der Waals surface area contributed by atoms with E-state index in [0.29, 0.717) is 16.3 Å². The highest BCUT2D eigenvalue weighted by Crippen LogP contribution is 2.22. The Balaban J connectivity index is 1.75. The molecule has 5 nitrogen and oxygen atoms in total. The highest BCUT2D eigenvalue weighted by Gasteiger charge is 2.08. The van der Waals surface area contributed by atoms with Gasteiger partial charge in [-0.2, -0.15) is 5.10 Å². The molecule has 0 aliphatic heterocycles. The Bertz CT molecular complexity index is 825. The molecule has 0 saturated heterocycles. The lowest BCUT2D eigenvalue weighted by atomic mass is 10.2. The molecular weight excluding hydrogens is 314 g/mol. The number of hydrogen-bond acceptors (Lipinski definition) is 4. The molecule has 1 aromatic heterocycles. The lowest BCUT2D eigenvalue weighted by Gasteiger charge is -2.08. The van der Waals surface area contributed by atoms with Gasteiger partial charge in [0.1, 0.15) is 5.75 Å². The number of nitrogens with one attached hydrogen (secondary N) is 1. The Labute approximate surface area is 137 Å². The number of anilines is 1. The Hall–Kier alpha value is -2.92. The van der Waals surface area contributed by atoms with Gasteiger partial charge in [0.05, 0.1) is 11.2 Å². The van der Waals surface area contributed by atoms with Gasteiger partial charge in [0.15, 0.2) is 0 Å². The molecule has 3 aromatic rings. The number of halogens is 1. The second-order valence-corrected chi connectivity index (χ2v) is 5.10. The zero-order valence-electron chi connectivity index (χ0n) is 11.9. The summed E-state index contributed by atoms with van der Waals surface area (Å²) in [6, 6.07) is 17.6. The van der Waals surface area contributed by atoms with Crippen molar-refractivity contribution < 1.29 is 9.53 Å². The van der Waals surface area contributed by atoms with E-state index < -0.39 is 0 Å². The number of hydrogen-bond donors (Lipinski definition) is 1. The van der Waals surface area contributed by atoms with Crippen molar-refractivity contribution in [3.63, 3.8) is 0 Å². The van der Waals surface area contributed by atoms with Crippen LogP contribution in [-0.2, 0) is 0 Å². The van der Waals surface area contributed by atoms with E-state index in [0.717, 1.165) is 5.69 Å². The molecule has 1 heterocycles. The van der Waals surface area contributed by atoms with Crippen molar-refractivity contribution in [2.45, 2.75) is 0 Å².